The number of aliphatic hydroxyl groups excluding tert-OH is 1. The second-order valence-corrected chi connectivity index (χ2v) is 11.6. The summed E-state index contributed by atoms with van der Waals surface area (Å²) in [5.74, 6) is -1.22. The van der Waals surface area contributed by atoms with Crippen molar-refractivity contribution >= 4 is 52.2 Å². The first-order valence-electron chi connectivity index (χ1n) is 9.52. The summed E-state index contributed by atoms with van der Waals surface area (Å²) in [6, 6.07) is 0. The second kappa shape index (κ2) is 9.40. The number of carbonyl (C=O) groups excluding carboxylic acids is 3. The van der Waals surface area contributed by atoms with E-state index in [0.29, 0.717) is 22.2 Å². The lowest BCUT2D eigenvalue weighted by Crippen LogP contribution is -2.60. The van der Waals surface area contributed by atoms with Crippen molar-refractivity contribution in [2.75, 3.05) is 18.3 Å². The first kappa shape index (κ1) is 22.6. The van der Waals surface area contributed by atoms with E-state index in [0.717, 1.165) is 6.42 Å². The largest absolute Gasteiger partial charge is 0.428 e. The molecule has 1 amide bonds. The summed E-state index contributed by atoms with van der Waals surface area (Å²) in [7, 11) is -0.861. The maximum absolute atomic E-state index is 12.7. The van der Waals surface area contributed by atoms with Crippen LogP contribution in [0.4, 0.5) is 0 Å². The van der Waals surface area contributed by atoms with Gasteiger partial charge in [-0.05, 0) is 19.8 Å². The number of ether oxygens (including phenoxy) is 2. The van der Waals surface area contributed by atoms with E-state index in [-0.39, 0.29) is 28.1 Å². The summed E-state index contributed by atoms with van der Waals surface area (Å²) in [4.78, 5) is 38.3. The Balaban J connectivity index is 1.70. The van der Waals surface area contributed by atoms with Crippen LogP contribution in [-0.2, 0) is 34.7 Å². The molecule has 2 saturated heterocycles. The van der Waals surface area contributed by atoms with Gasteiger partial charge in [-0.2, -0.15) is 0 Å². The van der Waals surface area contributed by atoms with Crippen LogP contribution in [0.3, 0.4) is 0 Å². The zero-order valence-electron chi connectivity index (χ0n) is 16.5. The molecule has 3 aliphatic heterocycles. The average Bonchev–Trinajstić information content (AvgIpc) is 3.21. The normalized spacial score (nSPS) is 30.6. The van der Waals surface area contributed by atoms with Gasteiger partial charge < -0.3 is 14.6 Å². The molecule has 29 heavy (non-hydrogen) atoms. The molecule has 8 nitrogen and oxygen atoms in total. The topological polar surface area (TPSA) is 110 Å². The van der Waals surface area contributed by atoms with Crippen LogP contribution in [0.15, 0.2) is 9.93 Å². The number of amides is 1. The lowest BCUT2D eigenvalue weighted by Gasteiger charge is -2.43. The van der Waals surface area contributed by atoms with Crippen molar-refractivity contribution < 1.29 is 33.2 Å². The fourth-order valence-electron chi connectivity index (χ4n) is 3.22. The van der Waals surface area contributed by atoms with Gasteiger partial charge in [0.1, 0.15) is 5.37 Å². The zero-order chi connectivity index (χ0) is 21.3. The maximum atomic E-state index is 12.7. The Kier molecular flexibility index (Phi) is 7.34. The van der Waals surface area contributed by atoms with E-state index in [1.54, 1.807) is 13.8 Å². The molecule has 0 aliphatic carbocycles. The number of β-lactam (4-membered cyclic amide) rings is 1. The molecule has 3 rings (SSSR count). The average molecular weight is 464 g/mol. The van der Waals surface area contributed by atoms with Crippen molar-refractivity contribution in [2.45, 2.75) is 50.3 Å². The minimum absolute atomic E-state index is 0.100. The molecule has 0 bridgehead atoms. The third kappa shape index (κ3) is 4.67. The molecule has 0 saturated carbocycles. The van der Waals surface area contributed by atoms with Crippen LogP contribution in [0.25, 0.3) is 0 Å². The summed E-state index contributed by atoms with van der Waals surface area (Å²) in [6.45, 7) is 4.61. The smallest absolute Gasteiger partial charge is 0.359 e. The Morgan fingerprint density at radius 1 is 1.38 bits per heavy atom. The van der Waals surface area contributed by atoms with E-state index in [1.807, 2.05) is 6.92 Å². The van der Waals surface area contributed by atoms with Crippen molar-refractivity contribution in [3.05, 3.63) is 9.93 Å². The summed E-state index contributed by atoms with van der Waals surface area (Å²) in [5, 5.41) is 9.64. The number of nitrogens with zero attached hydrogens (tertiary/aromatic N) is 1. The predicted octanol–water partition coefficient (Wildman–Crippen LogP) is 1.41. The number of aliphatic hydroxyl groups is 1. The predicted molar refractivity (Wildman–Crippen MR) is 111 cm³/mol. The van der Waals surface area contributed by atoms with E-state index < -0.39 is 41.6 Å². The van der Waals surface area contributed by atoms with Gasteiger partial charge in [-0.15, -0.1) is 11.8 Å². The quantitative estimate of drug-likeness (QED) is 0.324. The molecule has 6 atom stereocenters. The molecule has 0 aromatic carbocycles. The van der Waals surface area contributed by atoms with Crippen molar-refractivity contribution in [3.63, 3.8) is 0 Å². The molecule has 3 aliphatic rings. The highest BCUT2D eigenvalue weighted by Gasteiger charge is 2.58. The van der Waals surface area contributed by atoms with E-state index in [4.69, 9.17) is 9.47 Å². The van der Waals surface area contributed by atoms with Crippen LogP contribution >= 0.6 is 23.5 Å². The van der Waals surface area contributed by atoms with Crippen LogP contribution in [-0.4, -0.2) is 67.1 Å². The zero-order valence-corrected chi connectivity index (χ0v) is 18.9. The van der Waals surface area contributed by atoms with Crippen molar-refractivity contribution in [3.8, 4) is 0 Å². The van der Waals surface area contributed by atoms with Gasteiger partial charge in [-0.3, -0.25) is 18.7 Å². The Bertz CT molecular complexity index is 754. The van der Waals surface area contributed by atoms with Crippen molar-refractivity contribution in [1.82, 2.24) is 4.90 Å². The number of fused-ring (bicyclic) bond motifs is 1. The number of esters is 2. The minimum Gasteiger partial charge on any atom is -0.428 e. The van der Waals surface area contributed by atoms with E-state index in [2.05, 4.69) is 0 Å². The van der Waals surface area contributed by atoms with Crippen molar-refractivity contribution in [2.24, 2.45) is 11.8 Å². The van der Waals surface area contributed by atoms with Gasteiger partial charge in [-0.1, -0.05) is 25.6 Å². The molecule has 162 valence electrons. The molecule has 3 heterocycles. The molecule has 11 heteroatoms. The van der Waals surface area contributed by atoms with Gasteiger partial charge in [-0.25, -0.2) is 4.79 Å². The van der Waals surface area contributed by atoms with E-state index in [9.17, 15) is 23.7 Å². The number of rotatable bonds is 8. The summed E-state index contributed by atoms with van der Waals surface area (Å²) in [5.41, 5.74) is 0.129. The Hall–Kier alpha value is -1.04. The Labute approximate surface area is 180 Å². The first-order chi connectivity index (χ1) is 13.7. The second-order valence-electron chi connectivity index (χ2n) is 7.28. The van der Waals surface area contributed by atoms with Gasteiger partial charge in [0.05, 0.1) is 22.2 Å². The summed E-state index contributed by atoms with van der Waals surface area (Å²) in [6.07, 6.45) is 0.561. The molecule has 1 N–H and O–H groups in total. The molecular formula is C18H25NO7S3. The minimum atomic E-state index is -0.861. The SMILES string of the molecule is CCC(C)C(=O)OCOC(=O)C1=C(S[C@H]2CC[S@@](=O)C2)S[C@@H]2[C@@H]([C@@H](C)O)C(=O)N12. The fraction of sp³-hybridized carbons (Fsp3) is 0.722. The number of hydrogen-bond acceptors (Lipinski definition) is 9. The standard InChI is InChI=1S/C18H25NO7S3/c1-4-9(2)16(22)25-8-26-17(23)13-18(27-11-5-6-29(24)7-11)28-15-12(10(3)20)14(21)19(13)15/h9-12,15,20H,4-8H2,1-3H3/t9?,10-,11+,12+,15-,29-/m1/s1. The highest BCUT2D eigenvalue weighted by atomic mass is 32.2. The van der Waals surface area contributed by atoms with E-state index in [1.165, 1.54) is 28.4 Å². The van der Waals surface area contributed by atoms with Crippen molar-refractivity contribution in [1.29, 1.82) is 0 Å². The van der Waals surface area contributed by atoms with Crippen LogP contribution < -0.4 is 0 Å². The van der Waals surface area contributed by atoms with Gasteiger partial charge >= 0.3 is 11.9 Å². The van der Waals surface area contributed by atoms with Gasteiger partial charge in [0.15, 0.2) is 5.70 Å². The maximum Gasteiger partial charge on any atom is 0.359 e. The number of hydrogen-bond donors (Lipinski definition) is 1. The fourth-order valence-corrected chi connectivity index (χ4v) is 8.47. The number of carbonyl (C=O) groups is 3. The lowest BCUT2D eigenvalue weighted by molar-refractivity contribution is -0.171. The first-order valence-corrected chi connectivity index (χ1v) is 12.8. The van der Waals surface area contributed by atoms with E-state index >= 15 is 0 Å². The highest BCUT2D eigenvalue weighted by Crippen LogP contribution is 2.55. The Morgan fingerprint density at radius 2 is 2.10 bits per heavy atom. The molecule has 0 aromatic rings. The van der Waals surface area contributed by atoms with Crippen LogP contribution in [0, 0.1) is 11.8 Å². The lowest BCUT2D eigenvalue weighted by atomic mass is 9.92. The third-order valence-corrected chi connectivity index (χ3v) is 9.73. The molecule has 0 spiro atoms. The highest BCUT2D eigenvalue weighted by molar-refractivity contribution is 8.23. The van der Waals surface area contributed by atoms with Crippen LogP contribution in [0.2, 0.25) is 0 Å². The van der Waals surface area contributed by atoms with Gasteiger partial charge in [0.25, 0.3) is 0 Å². The molecule has 0 radical (unpaired) electrons. The van der Waals surface area contributed by atoms with Crippen LogP contribution in [0.5, 0.6) is 0 Å². The third-order valence-electron chi connectivity index (χ3n) is 5.18. The monoisotopic (exact) mass is 463 g/mol. The summed E-state index contributed by atoms with van der Waals surface area (Å²) < 4.78 is 22.4. The molecule has 2 fully saturated rings. The van der Waals surface area contributed by atoms with Gasteiger partial charge in [0.2, 0.25) is 12.7 Å². The number of thioether (sulfide) groups is 2. The molecule has 1 unspecified atom stereocenters. The summed E-state index contributed by atoms with van der Waals surface area (Å²) >= 11 is 2.79. The molecule has 0 aromatic heterocycles. The Morgan fingerprint density at radius 3 is 2.69 bits per heavy atom. The molecular weight excluding hydrogens is 438 g/mol. The van der Waals surface area contributed by atoms with Gasteiger partial charge in [0, 0.05) is 27.6 Å². The van der Waals surface area contributed by atoms with Crippen LogP contribution in [0.1, 0.15) is 33.6 Å².